The molecule has 2 aromatic carbocycles. The fraction of sp³-hybridized carbons (Fsp3) is 0.222. The molecular formula is C18H19N3O3. The minimum Gasteiger partial charge on any atom is -0.497 e. The maximum atomic E-state index is 12.5. The molecule has 0 saturated carbocycles. The summed E-state index contributed by atoms with van der Waals surface area (Å²) in [7, 11) is 1.60. The summed E-state index contributed by atoms with van der Waals surface area (Å²) in [4.78, 5) is 27.8. The minimum absolute atomic E-state index is 0.0420. The Balaban J connectivity index is 1.60. The third-order valence-corrected chi connectivity index (χ3v) is 3.87. The molecule has 124 valence electrons. The fourth-order valence-electron chi connectivity index (χ4n) is 2.63. The molecule has 0 bridgehead atoms. The van der Waals surface area contributed by atoms with Crippen molar-refractivity contribution < 1.29 is 14.3 Å². The van der Waals surface area contributed by atoms with Crippen LogP contribution >= 0.6 is 0 Å². The zero-order chi connectivity index (χ0) is 16.9. The lowest BCUT2D eigenvalue weighted by atomic mass is 10.3. The van der Waals surface area contributed by atoms with Crippen molar-refractivity contribution in [3.8, 4) is 5.75 Å². The van der Waals surface area contributed by atoms with Gasteiger partial charge in [0.05, 0.1) is 7.11 Å². The van der Waals surface area contributed by atoms with Crippen molar-refractivity contribution in [2.75, 3.05) is 37.0 Å². The first kappa shape index (κ1) is 15.9. The topological polar surface area (TPSA) is 61.9 Å². The van der Waals surface area contributed by atoms with E-state index < -0.39 is 0 Å². The van der Waals surface area contributed by atoms with Crippen LogP contribution in [0.4, 0.5) is 16.2 Å². The number of carbonyl (C=O) groups is 2. The van der Waals surface area contributed by atoms with E-state index in [4.69, 9.17) is 4.74 Å². The lowest BCUT2D eigenvalue weighted by Gasteiger charge is -2.18. The highest BCUT2D eigenvalue weighted by Gasteiger charge is 2.30. The molecule has 3 amide bonds. The van der Waals surface area contributed by atoms with Crippen LogP contribution in [0.1, 0.15) is 0 Å². The number of hydrogen-bond acceptors (Lipinski definition) is 3. The van der Waals surface area contributed by atoms with Gasteiger partial charge in [0.2, 0.25) is 5.91 Å². The summed E-state index contributed by atoms with van der Waals surface area (Å²) in [5.41, 5.74) is 1.52. The van der Waals surface area contributed by atoms with Crippen LogP contribution in [0.3, 0.4) is 0 Å². The molecule has 6 heteroatoms. The predicted molar refractivity (Wildman–Crippen MR) is 92.4 cm³/mol. The van der Waals surface area contributed by atoms with Gasteiger partial charge in [-0.05, 0) is 36.4 Å². The molecule has 0 unspecified atom stereocenters. The molecule has 0 aliphatic carbocycles. The number of para-hydroxylation sites is 1. The van der Waals surface area contributed by atoms with Gasteiger partial charge in [-0.1, -0.05) is 18.2 Å². The van der Waals surface area contributed by atoms with Gasteiger partial charge in [0.25, 0.3) is 0 Å². The Labute approximate surface area is 140 Å². The standard InChI is InChI=1S/C18H19N3O3/c1-24-16-9-7-15(8-10-16)21-12-11-20(18(21)23)13-17(22)19-14-5-3-2-4-6-14/h2-10H,11-13H2,1H3,(H,19,22). The monoisotopic (exact) mass is 325 g/mol. The lowest BCUT2D eigenvalue weighted by Crippen LogP contribution is -2.37. The maximum Gasteiger partial charge on any atom is 0.325 e. The lowest BCUT2D eigenvalue weighted by molar-refractivity contribution is -0.116. The van der Waals surface area contributed by atoms with Crippen molar-refractivity contribution in [2.24, 2.45) is 0 Å². The number of carbonyl (C=O) groups excluding carboxylic acids is 2. The second kappa shape index (κ2) is 7.04. The zero-order valence-corrected chi connectivity index (χ0v) is 13.4. The van der Waals surface area contributed by atoms with Gasteiger partial charge in [0, 0.05) is 24.5 Å². The molecule has 6 nitrogen and oxygen atoms in total. The van der Waals surface area contributed by atoms with Crippen molar-refractivity contribution in [2.45, 2.75) is 0 Å². The number of urea groups is 1. The Kier molecular flexibility index (Phi) is 4.65. The average molecular weight is 325 g/mol. The highest BCUT2D eigenvalue weighted by molar-refractivity contribution is 5.99. The molecule has 1 aliphatic heterocycles. The van der Waals surface area contributed by atoms with Gasteiger partial charge in [0.15, 0.2) is 0 Å². The maximum absolute atomic E-state index is 12.5. The summed E-state index contributed by atoms with van der Waals surface area (Å²) >= 11 is 0. The minimum atomic E-state index is -0.203. The first-order valence-electron chi connectivity index (χ1n) is 7.73. The van der Waals surface area contributed by atoms with Crippen LogP contribution in [0.5, 0.6) is 5.75 Å². The van der Waals surface area contributed by atoms with Crippen molar-refractivity contribution in [3.05, 3.63) is 54.6 Å². The van der Waals surface area contributed by atoms with Gasteiger partial charge < -0.3 is 15.0 Å². The van der Waals surface area contributed by atoms with Crippen LogP contribution in [-0.2, 0) is 4.79 Å². The average Bonchev–Trinajstić information content (AvgIpc) is 2.96. The van der Waals surface area contributed by atoms with Crippen LogP contribution in [0.15, 0.2) is 54.6 Å². The summed E-state index contributed by atoms with van der Waals surface area (Å²) in [6, 6.07) is 16.3. The van der Waals surface area contributed by atoms with E-state index >= 15 is 0 Å². The Bertz CT molecular complexity index is 716. The predicted octanol–water partition coefficient (Wildman–Crippen LogP) is 2.58. The van der Waals surface area contributed by atoms with Gasteiger partial charge in [0.1, 0.15) is 12.3 Å². The van der Waals surface area contributed by atoms with Crippen molar-refractivity contribution in [3.63, 3.8) is 0 Å². The number of ether oxygens (including phenoxy) is 1. The smallest absolute Gasteiger partial charge is 0.325 e. The quantitative estimate of drug-likeness (QED) is 0.919. The molecule has 0 radical (unpaired) electrons. The molecule has 1 heterocycles. The number of nitrogens with one attached hydrogen (secondary N) is 1. The molecule has 0 atom stereocenters. The third kappa shape index (κ3) is 3.48. The highest BCUT2D eigenvalue weighted by Crippen LogP contribution is 2.23. The molecule has 1 saturated heterocycles. The number of anilines is 2. The number of hydrogen-bond donors (Lipinski definition) is 1. The zero-order valence-electron chi connectivity index (χ0n) is 13.4. The third-order valence-electron chi connectivity index (χ3n) is 3.87. The summed E-state index contributed by atoms with van der Waals surface area (Å²) < 4.78 is 5.12. The van der Waals surface area contributed by atoms with E-state index in [9.17, 15) is 9.59 Å². The molecule has 24 heavy (non-hydrogen) atoms. The van der Waals surface area contributed by atoms with Gasteiger partial charge in [-0.3, -0.25) is 9.69 Å². The van der Waals surface area contributed by atoms with Crippen LogP contribution in [-0.4, -0.2) is 43.6 Å². The van der Waals surface area contributed by atoms with Gasteiger partial charge in [-0.15, -0.1) is 0 Å². The Morgan fingerprint density at radius 3 is 2.46 bits per heavy atom. The number of benzene rings is 2. The molecule has 0 spiro atoms. The molecular weight excluding hydrogens is 306 g/mol. The summed E-state index contributed by atoms with van der Waals surface area (Å²) in [6.45, 7) is 1.12. The first-order chi connectivity index (χ1) is 11.7. The second-order valence-corrected chi connectivity index (χ2v) is 5.47. The number of amides is 3. The Morgan fingerprint density at radius 2 is 1.79 bits per heavy atom. The molecule has 1 fully saturated rings. The SMILES string of the molecule is COc1ccc(N2CCN(CC(=O)Nc3ccccc3)C2=O)cc1. The van der Waals surface area contributed by atoms with E-state index in [-0.39, 0.29) is 18.5 Å². The normalized spacial score (nSPS) is 14.0. The van der Waals surface area contributed by atoms with Crippen LogP contribution in [0.2, 0.25) is 0 Å². The second-order valence-electron chi connectivity index (χ2n) is 5.47. The molecule has 2 aromatic rings. The number of rotatable bonds is 5. The van der Waals surface area contributed by atoms with Crippen LogP contribution < -0.4 is 15.0 Å². The summed E-state index contributed by atoms with van der Waals surface area (Å²) in [5.74, 6) is 0.538. The van der Waals surface area contributed by atoms with Gasteiger partial charge in [-0.2, -0.15) is 0 Å². The van der Waals surface area contributed by atoms with E-state index in [2.05, 4.69) is 5.32 Å². The van der Waals surface area contributed by atoms with Crippen LogP contribution in [0.25, 0.3) is 0 Å². The highest BCUT2D eigenvalue weighted by atomic mass is 16.5. The molecule has 0 aromatic heterocycles. The number of methoxy groups -OCH3 is 1. The van der Waals surface area contributed by atoms with Crippen molar-refractivity contribution in [1.29, 1.82) is 0 Å². The van der Waals surface area contributed by atoms with E-state index in [0.717, 1.165) is 17.1 Å². The summed E-state index contributed by atoms with van der Waals surface area (Å²) in [6.07, 6.45) is 0. The Hall–Kier alpha value is -3.02. The fourth-order valence-corrected chi connectivity index (χ4v) is 2.63. The number of nitrogens with zero attached hydrogens (tertiary/aromatic N) is 2. The molecule has 3 rings (SSSR count). The van der Waals surface area contributed by atoms with Crippen molar-refractivity contribution >= 4 is 23.3 Å². The van der Waals surface area contributed by atoms with E-state index in [1.54, 1.807) is 16.9 Å². The van der Waals surface area contributed by atoms with Gasteiger partial charge >= 0.3 is 6.03 Å². The van der Waals surface area contributed by atoms with E-state index in [1.807, 2.05) is 54.6 Å². The largest absolute Gasteiger partial charge is 0.497 e. The Morgan fingerprint density at radius 1 is 1.08 bits per heavy atom. The van der Waals surface area contributed by atoms with E-state index in [1.165, 1.54) is 0 Å². The first-order valence-corrected chi connectivity index (χ1v) is 7.73. The molecule has 1 N–H and O–H groups in total. The van der Waals surface area contributed by atoms with Crippen LogP contribution in [0, 0.1) is 0 Å². The molecule has 1 aliphatic rings. The van der Waals surface area contributed by atoms with E-state index in [0.29, 0.717) is 13.1 Å². The van der Waals surface area contributed by atoms with Crippen molar-refractivity contribution in [1.82, 2.24) is 4.90 Å². The van der Waals surface area contributed by atoms with Gasteiger partial charge in [-0.25, -0.2) is 4.79 Å². The summed E-state index contributed by atoms with van der Waals surface area (Å²) in [5, 5.41) is 2.79.